The molecule has 2 unspecified atom stereocenters. The van der Waals surface area contributed by atoms with Crippen LogP contribution in [0.15, 0.2) is 63.4 Å². The minimum absolute atomic E-state index is 0.0154. The maximum atomic E-state index is 13.3. The van der Waals surface area contributed by atoms with Crippen molar-refractivity contribution in [1.82, 2.24) is 10.6 Å². The van der Waals surface area contributed by atoms with Crippen molar-refractivity contribution < 1.29 is 27.8 Å². The van der Waals surface area contributed by atoms with Crippen LogP contribution in [-0.4, -0.2) is 76.9 Å². The number of carbonyl (C=O) groups excluding carboxylic acids is 2. The number of halogens is 4. The number of aldehydes is 2. The summed E-state index contributed by atoms with van der Waals surface area (Å²) in [6.45, 7) is 6.21. The molecule has 0 spiro atoms. The van der Waals surface area contributed by atoms with Gasteiger partial charge in [-0.25, -0.2) is 13.8 Å². The molecule has 9 nitrogen and oxygen atoms in total. The van der Waals surface area contributed by atoms with Crippen molar-refractivity contribution in [1.29, 1.82) is 0 Å². The monoisotopic (exact) mass is 643 g/mol. The minimum atomic E-state index is -1.82. The summed E-state index contributed by atoms with van der Waals surface area (Å²) in [5.41, 5.74) is 0.501. The number of nitrogens with zero attached hydrogens (tertiary/aromatic N) is 2. The number of hydrogen-bond acceptors (Lipinski definition) is 9. The first-order valence-electron chi connectivity index (χ1n) is 13.7. The normalized spacial score (nSPS) is 18.0. The van der Waals surface area contributed by atoms with Gasteiger partial charge in [-0.15, -0.1) is 0 Å². The Balaban J connectivity index is 0.000000396. The number of nitrogens with one attached hydrogen (secondary N) is 3. The van der Waals surface area contributed by atoms with E-state index in [1.54, 1.807) is 20.2 Å². The Morgan fingerprint density at radius 3 is 2.30 bits per heavy atom. The number of rotatable bonds is 8. The quantitative estimate of drug-likeness (QED) is 0.249. The fourth-order valence-corrected chi connectivity index (χ4v) is 3.89. The van der Waals surface area contributed by atoms with Crippen LogP contribution < -0.4 is 16.0 Å². The van der Waals surface area contributed by atoms with Crippen LogP contribution in [0, 0.1) is 11.7 Å². The zero-order valence-electron chi connectivity index (χ0n) is 25.1. The standard InChI is InChI=1S/C17H16ClFN4O.C7H15NO.C4H8O.C2H2ClFO/c1-20-15-8-11-14(5-6-16(15)24-2)21-9-22-17(11)23-10-3-4-13(19)12(18)7-10;1-6(2)4-7(5-9)8-3;1-2-4-5-3-1;3-2(4)1-5/h3-9,14,20H,1-2H3,(H,21,22,23);5-8H,4H2,1-3H3;1-4H2;1-2H/t;7-;;/m.1../s1. The van der Waals surface area contributed by atoms with Crippen LogP contribution >= 0.6 is 23.2 Å². The van der Waals surface area contributed by atoms with Crippen molar-refractivity contribution in [2.24, 2.45) is 15.9 Å². The van der Waals surface area contributed by atoms with Gasteiger partial charge in [0.15, 0.2) is 6.29 Å². The predicted molar refractivity (Wildman–Crippen MR) is 170 cm³/mol. The van der Waals surface area contributed by atoms with E-state index in [4.69, 9.17) is 25.9 Å². The fourth-order valence-electron chi connectivity index (χ4n) is 3.71. The van der Waals surface area contributed by atoms with Crippen LogP contribution in [-0.2, 0) is 19.1 Å². The number of anilines is 1. The Bertz CT molecular complexity index is 1160. The maximum absolute atomic E-state index is 13.3. The highest BCUT2D eigenvalue weighted by Gasteiger charge is 2.23. The van der Waals surface area contributed by atoms with Gasteiger partial charge in [0.05, 0.1) is 29.9 Å². The zero-order chi connectivity index (χ0) is 32.2. The van der Waals surface area contributed by atoms with Gasteiger partial charge in [0, 0.05) is 31.5 Å². The Kier molecular flexibility index (Phi) is 19.0. The van der Waals surface area contributed by atoms with Crippen molar-refractivity contribution in [2.45, 2.75) is 50.8 Å². The smallest absolute Gasteiger partial charge is 0.228 e. The maximum Gasteiger partial charge on any atom is 0.228 e. The van der Waals surface area contributed by atoms with E-state index >= 15 is 0 Å². The first-order valence-corrected chi connectivity index (χ1v) is 14.5. The number of likely N-dealkylation sites (N-methyl/N-ethyl adjacent to an activating group) is 2. The van der Waals surface area contributed by atoms with Crippen LogP contribution in [0.5, 0.6) is 0 Å². The third-order valence-electron chi connectivity index (χ3n) is 5.86. The lowest BCUT2D eigenvalue weighted by atomic mass is 10.0. The first kappa shape index (κ1) is 37.9. The number of aliphatic imine (C=N–C) groups is 2. The summed E-state index contributed by atoms with van der Waals surface area (Å²) in [4.78, 5) is 27.9. The van der Waals surface area contributed by atoms with E-state index in [2.05, 4.69) is 51.4 Å². The summed E-state index contributed by atoms with van der Waals surface area (Å²) in [5, 5.41) is 9.23. The van der Waals surface area contributed by atoms with Gasteiger partial charge in [-0.1, -0.05) is 43.1 Å². The van der Waals surface area contributed by atoms with E-state index in [0.717, 1.165) is 37.2 Å². The van der Waals surface area contributed by atoms with Gasteiger partial charge in [-0.05, 0) is 62.6 Å². The molecule has 0 aromatic heterocycles. The molecule has 0 bridgehead atoms. The lowest BCUT2D eigenvalue weighted by molar-refractivity contribution is -0.110. The fraction of sp³-hybridized carbons (Fsp3) is 0.467. The summed E-state index contributed by atoms with van der Waals surface area (Å²) in [6.07, 6.45) is 11.7. The Labute approximate surface area is 262 Å². The number of benzene rings is 1. The van der Waals surface area contributed by atoms with Crippen LogP contribution in [0.2, 0.25) is 5.02 Å². The molecule has 1 saturated heterocycles. The molecule has 3 aliphatic rings. The Morgan fingerprint density at radius 2 is 1.86 bits per heavy atom. The third-order valence-corrected chi connectivity index (χ3v) is 6.26. The van der Waals surface area contributed by atoms with Crippen LogP contribution in [0.1, 0.15) is 33.1 Å². The van der Waals surface area contributed by atoms with Crippen molar-refractivity contribution in [3.8, 4) is 0 Å². The zero-order valence-corrected chi connectivity index (χ0v) is 26.6. The second kappa shape index (κ2) is 21.6. The topological polar surface area (TPSA) is 113 Å². The van der Waals surface area contributed by atoms with Gasteiger partial charge in [0.2, 0.25) is 5.63 Å². The molecule has 2 aliphatic heterocycles. The molecular weight excluding hydrogens is 603 g/mol. The molecule has 4 rings (SSSR count). The summed E-state index contributed by atoms with van der Waals surface area (Å²) in [5.74, 6) is 1.45. The molecule has 1 aromatic carbocycles. The molecule has 0 amide bonds. The molecule has 1 aromatic rings. The number of hydrogen-bond donors (Lipinski definition) is 3. The number of fused-ring (bicyclic) bond motifs is 1. The highest BCUT2D eigenvalue weighted by molar-refractivity contribution is 6.31. The summed E-state index contributed by atoms with van der Waals surface area (Å²) in [7, 11) is 5.23. The molecule has 2 heterocycles. The van der Waals surface area contributed by atoms with Gasteiger partial charge < -0.3 is 30.2 Å². The number of alkyl halides is 2. The van der Waals surface area contributed by atoms with E-state index in [0.29, 0.717) is 23.2 Å². The van der Waals surface area contributed by atoms with Gasteiger partial charge in [0.25, 0.3) is 0 Å². The summed E-state index contributed by atoms with van der Waals surface area (Å²) in [6, 6.07) is 4.29. The van der Waals surface area contributed by atoms with Crippen molar-refractivity contribution >= 4 is 53.6 Å². The average Bonchev–Trinajstić information content (AvgIpc) is 3.53. The van der Waals surface area contributed by atoms with E-state index in [1.165, 1.54) is 31.3 Å². The van der Waals surface area contributed by atoms with Crippen molar-refractivity contribution in [3.63, 3.8) is 0 Å². The van der Waals surface area contributed by atoms with Crippen molar-refractivity contribution in [3.05, 3.63) is 64.3 Å². The van der Waals surface area contributed by atoms with Crippen LogP contribution in [0.4, 0.5) is 14.5 Å². The largest absolute Gasteiger partial charge is 0.495 e. The van der Waals surface area contributed by atoms with E-state index in [-0.39, 0.29) is 23.4 Å². The molecule has 43 heavy (non-hydrogen) atoms. The summed E-state index contributed by atoms with van der Waals surface area (Å²) >= 11 is 10.3. The molecular formula is C30H41Cl2F2N5O4. The van der Waals surface area contributed by atoms with E-state index in [9.17, 15) is 13.6 Å². The van der Waals surface area contributed by atoms with Gasteiger partial charge in [-0.2, -0.15) is 0 Å². The number of methoxy groups -OCH3 is 1. The lowest BCUT2D eigenvalue weighted by Gasteiger charge is -2.19. The molecule has 0 saturated carbocycles. The van der Waals surface area contributed by atoms with Crippen LogP contribution in [0.25, 0.3) is 0 Å². The van der Waals surface area contributed by atoms with Gasteiger partial charge >= 0.3 is 0 Å². The SMILES string of the molecule is C1CCOC1.CNC1=C(OC)C=CC2N=CN=C(Nc3ccc(F)c(Cl)c3)C2=C1.CN[C@@H](C=O)CC(C)C.O=CC(F)Cl. The summed E-state index contributed by atoms with van der Waals surface area (Å²) < 4.78 is 34.5. The van der Waals surface area contributed by atoms with E-state index in [1.807, 2.05) is 25.3 Å². The molecule has 1 aliphatic carbocycles. The van der Waals surface area contributed by atoms with Crippen molar-refractivity contribution in [2.75, 3.05) is 39.7 Å². The number of amidine groups is 1. The number of allylic oxidation sites excluding steroid dienone is 2. The lowest BCUT2D eigenvalue weighted by Crippen LogP contribution is -2.27. The number of ether oxygens (including phenoxy) is 2. The molecule has 0 radical (unpaired) electrons. The molecule has 3 atom stereocenters. The van der Waals surface area contributed by atoms with Gasteiger partial charge in [-0.3, -0.25) is 9.79 Å². The Hall–Kier alpha value is -3.12. The van der Waals surface area contributed by atoms with E-state index < -0.39 is 11.4 Å². The van der Waals surface area contributed by atoms with Crippen LogP contribution in [0.3, 0.4) is 0 Å². The first-order chi connectivity index (χ1) is 20.6. The average molecular weight is 645 g/mol. The second-order valence-electron chi connectivity index (χ2n) is 9.58. The highest BCUT2D eigenvalue weighted by atomic mass is 35.5. The highest BCUT2D eigenvalue weighted by Crippen LogP contribution is 2.25. The molecule has 238 valence electrons. The minimum Gasteiger partial charge on any atom is -0.495 e. The third kappa shape index (κ3) is 14.7. The molecule has 3 N–H and O–H groups in total. The second-order valence-corrected chi connectivity index (χ2v) is 10.4. The molecule has 1 fully saturated rings. The molecule has 13 heteroatoms. The number of carbonyl (C=O) groups is 2. The Morgan fingerprint density at radius 1 is 1.19 bits per heavy atom. The predicted octanol–water partition coefficient (Wildman–Crippen LogP) is 5.61. The van der Waals surface area contributed by atoms with Gasteiger partial charge in [0.1, 0.15) is 30.0 Å².